The van der Waals surface area contributed by atoms with Gasteiger partial charge in [0.05, 0.1) is 31.2 Å². The molecule has 0 bridgehead atoms. The maximum atomic E-state index is 11.8. The Balaban J connectivity index is 1.92. The quantitative estimate of drug-likeness (QED) is 0.875. The number of hydrogen-bond donors (Lipinski definition) is 1. The van der Waals surface area contributed by atoms with Gasteiger partial charge in [-0.1, -0.05) is 12.1 Å². The maximum Gasteiger partial charge on any atom is 0.231 e. The molecule has 0 spiro atoms. The van der Waals surface area contributed by atoms with Gasteiger partial charge < -0.3 is 9.73 Å². The summed E-state index contributed by atoms with van der Waals surface area (Å²) in [6, 6.07) is 10.4. The third kappa shape index (κ3) is 4.36. The van der Waals surface area contributed by atoms with Crippen molar-refractivity contribution in [1.82, 2.24) is 5.32 Å². The van der Waals surface area contributed by atoms with Crippen LogP contribution < -0.4 is 9.62 Å². The Labute approximate surface area is 129 Å². The summed E-state index contributed by atoms with van der Waals surface area (Å²) in [5.41, 5.74) is 1.37. The summed E-state index contributed by atoms with van der Waals surface area (Å²) >= 11 is 0. The lowest BCUT2D eigenvalue weighted by molar-refractivity contribution is -0.120. The Morgan fingerprint density at radius 3 is 2.45 bits per heavy atom. The van der Waals surface area contributed by atoms with Crippen LogP contribution in [0, 0.1) is 0 Å². The van der Waals surface area contributed by atoms with Crippen molar-refractivity contribution in [1.29, 1.82) is 0 Å². The van der Waals surface area contributed by atoms with Crippen LogP contribution in [0.5, 0.6) is 0 Å². The minimum Gasteiger partial charge on any atom is -0.467 e. The first-order valence-electron chi connectivity index (χ1n) is 6.68. The molecule has 0 aliphatic heterocycles. The molecule has 0 aliphatic rings. The zero-order valence-electron chi connectivity index (χ0n) is 12.4. The van der Waals surface area contributed by atoms with Gasteiger partial charge in [-0.25, -0.2) is 8.42 Å². The molecule has 2 aromatic rings. The molecule has 118 valence electrons. The number of amides is 1. The SMILES string of the molecule is CN(c1ccc(CC(=O)NCc2ccco2)cc1)S(C)(=O)=O. The van der Waals surface area contributed by atoms with Gasteiger partial charge in [0.2, 0.25) is 15.9 Å². The Kier molecular flexibility index (Phi) is 4.87. The Bertz CT molecular complexity index is 721. The minimum atomic E-state index is -3.28. The lowest BCUT2D eigenvalue weighted by Gasteiger charge is -2.16. The fourth-order valence-electron chi connectivity index (χ4n) is 1.86. The molecular formula is C15H18N2O4S. The molecule has 2 rings (SSSR count). The zero-order valence-corrected chi connectivity index (χ0v) is 13.3. The number of hydrogen-bond acceptors (Lipinski definition) is 4. The molecular weight excluding hydrogens is 304 g/mol. The lowest BCUT2D eigenvalue weighted by Crippen LogP contribution is -2.25. The van der Waals surface area contributed by atoms with E-state index in [4.69, 9.17) is 4.42 Å². The van der Waals surface area contributed by atoms with Crippen molar-refractivity contribution < 1.29 is 17.6 Å². The van der Waals surface area contributed by atoms with Crippen molar-refractivity contribution in [3.63, 3.8) is 0 Å². The van der Waals surface area contributed by atoms with Gasteiger partial charge in [0.15, 0.2) is 0 Å². The number of sulfonamides is 1. The van der Waals surface area contributed by atoms with Crippen molar-refractivity contribution in [3.05, 3.63) is 54.0 Å². The summed E-state index contributed by atoms with van der Waals surface area (Å²) < 4.78 is 29.2. The summed E-state index contributed by atoms with van der Waals surface area (Å²) in [7, 11) is -1.80. The molecule has 1 N–H and O–H groups in total. The number of carbonyl (C=O) groups excluding carboxylic acids is 1. The number of nitrogens with zero attached hydrogens (tertiary/aromatic N) is 1. The van der Waals surface area contributed by atoms with Crippen molar-refractivity contribution in [2.24, 2.45) is 0 Å². The Hall–Kier alpha value is -2.28. The fraction of sp³-hybridized carbons (Fsp3) is 0.267. The van der Waals surface area contributed by atoms with E-state index in [1.165, 1.54) is 11.4 Å². The van der Waals surface area contributed by atoms with Gasteiger partial charge in [-0.3, -0.25) is 9.10 Å². The van der Waals surface area contributed by atoms with Crippen LogP contribution in [0.3, 0.4) is 0 Å². The minimum absolute atomic E-state index is 0.124. The van der Waals surface area contributed by atoms with Gasteiger partial charge in [-0.05, 0) is 29.8 Å². The number of carbonyl (C=O) groups is 1. The van der Waals surface area contributed by atoms with Crippen LogP contribution in [0.15, 0.2) is 47.1 Å². The number of nitrogens with one attached hydrogen (secondary N) is 1. The highest BCUT2D eigenvalue weighted by Crippen LogP contribution is 2.16. The van der Waals surface area contributed by atoms with Crippen molar-refractivity contribution >= 4 is 21.6 Å². The first-order valence-corrected chi connectivity index (χ1v) is 8.53. The average Bonchev–Trinajstić information content (AvgIpc) is 2.97. The number of benzene rings is 1. The van der Waals surface area contributed by atoms with Gasteiger partial charge in [-0.15, -0.1) is 0 Å². The van der Waals surface area contributed by atoms with Crippen molar-refractivity contribution in [2.75, 3.05) is 17.6 Å². The number of rotatable bonds is 6. The molecule has 1 aromatic carbocycles. The molecule has 1 aromatic heterocycles. The second-order valence-corrected chi connectivity index (χ2v) is 6.94. The fourth-order valence-corrected chi connectivity index (χ4v) is 2.37. The Morgan fingerprint density at radius 1 is 1.23 bits per heavy atom. The summed E-state index contributed by atoms with van der Waals surface area (Å²) in [5.74, 6) is 0.569. The smallest absolute Gasteiger partial charge is 0.231 e. The Morgan fingerprint density at radius 2 is 1.91 bits per heavy atom. The first kappa shape index (κ1) is 16.1. The van der Waals surface area contributed by atoms with Gasteiger partial charge in [0.25, 0.3) is 0 Å². The molecule has 1 heterocycles. The van der Waals surface area contributed by atoms with E-state index in [1.807, 2.05) is 0 Å². The second-order valence-electron chi connectivity index (χ2n) is 4.93. The highest BCUT2D eigenvalue weighted by atomic mass is 32.2. The van der Waals surface area contributed by atoms with Crippen LogP contribution in [0.1, 0.15) is 11.3 Å². The van der Waals surface area contributed by atoms with Crippen molar-refractivity contribution in [2.45, 2.75) is 13.0 Å². The number of furan rings is 1. The van der Waals surface area contributed by atoms with Crippen LogP contribution in [-0.4, -0.2) is 27.6 Å². The van der Waals surface area contributed by atoms with E-state index in [2.05, 4.69) is 5.32 Å². The predicted octanol–water partition coefficient (Wildman–Crippen LogP) is 1.53. The van der Waals surface area contributed by atoms with E-state index in [-0.39, 0.29) is 12.3 Å². The molecule has 0 saturated heterocycles. The van der Waals surface area contributed by atoms with E-state index < -0.39 is 10.0 Å². The van der Waals surface area contributed by atoms with E-state index >= 15 is 0 Å². The lowest BCUT2D eigenvalue weighted by atomic mass is 10.1. The predicted molar refractivity (Wildman–Crippen MR) is 83.9 cm³/mol. The van der Waals surface area contributed by atoms with Crippen LogP contribution in [-0.2, 0) is 27.8 Å². The van der Waals surface area contributed by atoms with Gasteiger partial charge >= 0.3 is 0 Å². The molecule has 0 saturated carbocycles. The largest absolute Gasteiger partial charge is 0.467 e. The van der Waals surface area contributed by atoms with Crippen LogP contribution in [0.2, 0.25) is 0 Å². The molecule has 0 fully saturated rings. The van der Waals surface area contributed by atoms with E-state index in [0.717, 1.165) is 11.8 Å². The molecule has 22 heavy (non-hydrogen) atoms. The van der Waals surface area contributed by atoms with Gasteiger partial charge in [-0.2, -0.15) is 0 Å². The monoisotopic (exact) mass is 322 g/mol. The first-order chi connectivity index (χ1) is 10.4. The summed E-state index contributed by atoms with van der Waals surface area (Å²) in [5, 5.41) is 2.76. The van der Waals surface area contributed by atoms with E-state index in [0.29, 0.717) is 18.0 Å². The van der Waals surface area contributed by atoms with Gasteiger partial charge in [0.1, 0.15) is 5.76 Å². The highest BCUT2D eigenvalue weighted by Gasteiger charge is 2.12. The molecule has 0 atom stereocenters. The summed E-state index contributed by atoms with van der Waals surface area (Å²) in [6.07, 6.45) is 2.92. The molecule has 0 aliphatic carbocycles. The van der Waals surface area contributed by atoms with Gasteiger partial charge in [0, 0.05) is 7.05 Å². The van der Waals surface area contributed by atoms with Crippen LogP contribution in [0.25, 0.3) is 0 Å². The summed E-state index contributed by atoms with van der Waals surface area (Å²) in [4.78, 5) is 11.8. The highest BCUT2D eigenvalue weighted by molar-refractivity contribution is 7.92. The van der Waals surface area contributed by atoms with Crippen LogP contribution in [0.4, 0.5) is 5.69 Å². The normalized spacial score (nSPS) is 11.2. The zero-order chi connectivity index (χ0) is 16.2. The summed E-state index contributed by atoms with van der Waals surface area (Å²) in [6.45, 7) is 0.348. The second kappa shape index (κ2) is 6.65. The average molecular weight is 322 g/mol. The maximum absolute atomic E-state index is 11.8. The molecule has 1 amide bonds. The third-order valence-corrected chi connectivity index (χ3v) is 4.41. The molecule has 0 radical (unpaired) electrons. The molecule has 6 nitrogen and oxygen atoms in total. The third-order valence-electron chi connectivity index (χ3n) is 3.20. The van der Waals surface area contributed by atoms with Crippen molar-refractivity contribution in [3.8, 4) is 0 Å². The van der Waals surface area contributed by atoms with Crippen LogP contribution >= 0.6 is 0 Å². The topological polar surface area (TPSA) is 79.6 Å². The molecule has 7 heteroatoms. The number of anilines is 1. The molecule has 0 unspecified atom stereocenters. The van der Waals surface area contributed by atoms with E-state index in [9.17, 15) is 13.2 Å². The van der Waals surface area contributed by atoms with E-state index in [1.54, 1.807) is 42.7 Å². The standard InChI is InChI=1S/C15H18N2O4S/c1-17(22(2,19)20)13-7-5-12(6-8-13)10-15(18)16-11-14-4-3-9-21-14/h3-9H,10-11H2,1-2H3,(H,16,18).